The first-order valence-electron chi connectivity index (χ1n) is 7.87. The van der Waals surface area contributed by atoms with Gasteiger partial charge in [0.05, 0.1) is 18.8 Å². The molecule has 20 heavy (non-hydrogen) atoms. The Labute approximate surface area is 122 Å². The molecule has 1 aliphatic heterocycles. The third-order valence-corrected chi connectivity index (χ3v) is 3.81. The number of ether oxygens (including phenoxy) is 2. The molecule has 0 saturated carbocycles. The number of aryl methyl sites for hydroxylation is 1. The molecule has 0 amide bonds. The van der Waals surface area contributed by atoms with Gasteiger partial charge >= 0.3 is 0 Å². The highest BCUT2D eigenvalue weighted by molar-refractivity contribution is 5.45. The lowest BCUT2D eigenvalue weighted by Crippen LogP contribution is -2.33. The predicted molar refractivity (Wildman–Crippen MR) is 82.4 cm³/mol. The number of para-hydroxylation sites is 1. The smallest absolute Gasteiger partial charge is 0.127 e. The van der Waals surface area contributed by atoms with Gasteiger partial charge in [-0.1, -0.05) is 25.1 Å². The summed E-state index contributed by atoms with van der Waals surface area (Å²) in [5, 5.41) is 3.62. The van der Waals surface area contributed by atoms with E-state index in [4.69, 9.17) is 9.47 Å². The second-order valence-electron chi connectivity index (χ2n) is 5.38. The van der Waals surface area contributed by atoms with E-state index in [1.807, 2.05) is 6.92 Å². The topological polar surface area (TPSA) is 30.5 Å². The molecule has 0 aliphatic carbocycles. The molecule has 0 saturated heterocycles. The Bertz CT molecular complexity index is 419. The molecule has 0 radical (unpaired) electrons. The average Bonchev–Trinajstić information content (AvgIpc) is 2.48. The number of nitrogens with one attached hydrogen (secondary N) is 1. The largest absolute Gasteiger partial charge is 0.493 e. The van der Waals surface area contributed by atoms with Gasteiger partial charge in [0.1, 0.15) is 5.75 Å². The maximum absolute atomic E-state index is 5.95. The summed E-state index contributed by atoms with van der Waals surface area (Å²) in [4.78, 5) is 0. The van der Waals surface area contributed by atoms with Crippen LogP contribution in [0, 0.1) is 0 Å². The van der Waals surface area contributed by atoms with Crippen LogP contribution in [-0.4, -0.2) is 25.9 Å². The van der Waals surface area contributed by atoms with Gasteiger partial charge in [0.2, 0.25) is 0 Å². The van der Waals surface area contributed by atoms with Gasteiger partial charge in [-0.15, -0.1) is 0 Å². The minimum atomic E-state index is 0.142. The summed E-state index contributed by atoms with van der Waals surface area (Å²) >= 11 is 0. The Morgan fingerprint density at radius 1 is 1.35 bits per heavy atom. The Balaban J connectivity index is 2.27. The van der Waals surface area contributed by atoms with E-state index in [-0.39, 0.29) is 12.1 Å². The Kier molecular flexibility index (Phi) is 5.86. The van der Waals surface area contributed by atoms with E-state index in [9.17, 15) is 0 Å². The third kappa shape index (κ3) is 3.53. The molecule has 0 bridgehead atoms. The van der Waals surface area contributed by atoms with Gasteiger partial charge in [0.15, 0.2) is 0 Å². The lowest BCUT2D eigenvalue weighted by molar-refractivity contribution is 0.0462. The summed E-state index contributed by atoms with van der Waals surface area (Å²) in [5.74, 6) is 1.08. The van der Waals surface area contributed by atoms with Crippen LogP contribution < -0.4 is 10.1 Å². The van der Waals surface area contributed by atoms with Gasteiger partial charge in [-0.2, -0.15) is 0 Å². The molecular weight excluding hydrogens is 250 g/mol. The standard InChI is InChI=1S/C17H27NO2/c1-4-11-18-16(13(3)19-5-2)15-10-6-8-14-9-7-12-20-17(14)15/h6,8,10,13,16,18H,4-5,7,9,11-12H2,1-3H3. The quantitative estimate of drug-likeness (QED) is 0.827. The lowest BCUT2D eigenvalue weighted by Gasteiger charge is -2.29. The van der Waals surface area contributed by atoms with E-state index >= 15 is 0 Å². The van der Waals surface area contributed by atoms with Crippen LogP contribution in [0.4, 0.5) is 0 Å². The van der Waals surface area contributed by atoms with Crippen LogP contribution in [0.5, 0.6) is 5.75 Å². The van der Waals surface area contributed by atoms with Gasteiger partial charge in [0, 0.05) is 12.2 Å². The van der Waals surface area contributed by atoms with E-state index < -0.39 is 0 Å². The summed E-state index contributed by atoms with van der Waals surface area (Å²) < 4.78 is 11.8. The summed E-state index contributed by atoms with van der Waals surface area (Å²) in [6.45, 7) is 8.93. The molecule has 2 atom stereocenters. The molecule has 112 valence electrons. The minimum Gasteiger partial charge on any atom is -0.493 e. The molecule has 1 aromatic carbocycles. The second-order valence-corrected chi connectivity index (χ2v) is 5.38. The Hall–Kier alpha value is -1.06. The van der Waals surface area contributed by atoms with Crippen LogP contribution in [0.1, 0.15) is 50.8 Å². The molecule has 3 nitrogen and oxygen atoms in total. The third-order valence-electron chi connectivity index (χ3n) is 3.81. The normalized spacial score (nSPS) is 17.1. The van der Waals surface area contributed by atoms with Crippen molar-refractivity contribution in [1.29, 1.82) is 0 Å². The van der Waals surface area contributed by atoms with Crippen molar-refractivity contribution in [2.75, 3.05) is 19.8 Å². The van der Waals surface area contributed by atoms with Crippen molar-refractivity contribution in [3.05, 3.63) is 29.3 Å². The average molecular weight is 277 g/mol. The van der Waals surface area contributed by atoms with Crippen molar-refractivity contribution in [2.45, 2.75) is 52.2 Å². The molecule has 0 fully saturated rings. The fourth-order valence-electron chi connectivity index (χ4n) is 2.85. The first kappa shape index (κ1) is 15.3. The van der Waals surface area contributed by atoms with Gasteiger partial charge < -0.3 is 14.8 Å². The molecule has 2 rings (SSSR count). The second kappa shape index (κ2) is 7.65. The molecule has 3 heteroatoms. The maximum atomic E-state index is 5.95. The number of rotatable bonds is 7. The zero-order chi connectivity index (χ0) is 14.4. The molecular formula is C17H27NO2. The van der Waals surface area contributed by atoms with Crippen LogP contribution in [-0.2, 0) is 11.2 Å². The van der Waals surface area contributed by atoms with Crippen LogP contribution in [0.15, 0.2) is 18.2 Å². The van der Waals surface area contributed by atoms with E-state index in [1.165, 1.54) is 11.1 Å². The zero-order valence-electron chi connectivity index (χ0n) is 12.9. The van der Waals surface area contributed by atoms with Crippen molar-refractivity contribution in [3.63, 3.8) is 0 Å². The summed E-state index contributed by atoms with van der Waals surface area (Å²) in [5.41, 5.74) is 2.58. The Morgan fingerprint density at radius 2 is 2.20 bits per heavy atom. The number of fused-ring (bicyclic) bond motifs is 1. The zero-order valence-corrected chi connectivity index (χ0v) is 12.9. The monoisotopic (exact) mass is 277 g/mol. The van der Waals surface area contributed by atoms with Crippen molar-refractivity contribution in [2.24, 2.45) is 0 Å². The van der Waals surface area contributed by atoms with Crippen LogP contribution >= 0.6 is 0 Å². The van der Waals surface area contributed by atoms with Crippen LogP contribution in [0.25, 0.3) is 0 Å². The SMILES string of the molecule is CCCNC(c1cccc2c1OCCC2)C(C)OCC. The fourth-order valence-corrected chi connectivity index (χ4v) is 2.85. The highest BCUT2D eigenvalue weighted by Crippen LogP contribution is 2.34. The van der Waals surface area contributed by atoms with Crippen molar-refractivity contribution < 1.29 is 9.47 Å². The van der Waals surface area contributed by atoms with Gasteiger partial charge in [-0.25, -0.2) is 0 Å². The van der Waals surface area contributed by atoms with E-state index in [1.54, 1.807) is 0 Å². The molecule has 0 aromatic heterocycles. The maximum Gasteiger partial charge on any atom is 0.127 e. The predicted octanol–water partition coefficient (Wildman–Crippen LogP) is 3.48. The van der Waals surface area contributed by atoms with Crippen molar-refractivity contribution in [3.8, 4) is 5.75 Å². The van der Waals surface area contributed by atoms with Crippen molar-refractivity contribution in [1.82, 2.24) is 5.32 Å². The van der Waals surface area contributed by atoms with Crippen molar-refractivity contribution >= 4 is 0 Å². The van der Waals surface area contributed by atoms with E-state index in [0.29, 0.717) is 0 Å². The van der Waals surface area contributed by atoms with Gasteiger partial charge in [0.25, 0.3) is 0 Å². The number of hydrogen-bond acceptors (Lipinski definition) is 3. The lowest BCUT2D eigenvalue weighted by atomic mass is 9.95. The summed E-state index contributed by atoms with van der Waals surface area (Å²) in [7, 11) is 0. The highest BCUT2D eigenvalue weighted by Gasteiger charge is 2.25. The number of hydrogen-bond donors (Lipinski definition) is 1. The highest BCUT2D eigenvalue weighted by atomic mass is 16.5. The first-order chi connectivity index (χ1) is 9.77. The summed E-state index contributed by atoms with van der Waals surface area (Å²) in [6.07, 6.45) is 3.49. The fraction of sp³-hybridized carbons (Fsp3) is 0.647. The van der Waals surface area contributed by atoms with Gasteiger partial charge in [-0.05, 0) is 45.2 Å². The summed E-state index contributed by atoms with van der Waals surface area (Å²) in [6, 6.07) is 6.69. The van der Waals surface area contributed by atoms with E-state index in [0.717, 1.165) is 44.8 Å². The molecule has 1 heterocycles. The van der Waals surface area contributed by atoms with Gasteiger partial charge in [-0.3, -0.25) is 0 Å². The molecule has 1 aromatic rings. The van der Waals surface area contributed by atoms with Crippen LogP contribution in [0.2, 0.25) is 0 Å². The molecule has 2 unspecified atom stereocenters. The molecule has 1 aliphatic rings. The molecule has 0 spiro atoms. The van der Waals surface area contributed by atoms with Crippen LogP contribution in [0.3, 0.4) is 0 Å². The minimum absolute atomic E-state index is 0.142. The number of benzene rings is 1. The van der Waals surface area contributed by atoms with E-state index in [2.05, 4.69) is 37.4 Å². The Morgan fingerprint density at radius 3 is 2.95 bits per heavy atom. The molecule has 1 N–H and O–H groups in total. The first-order valence-corrected chi connectivity index (χ1v) is 7.87.